The third-order valence-electron chi connectivity index (χ3n) is 4.16. The molecule has 0 unspecified atom stereocenters. The van der Waals surface area contributed by atoms with Crippen molar-refractivity contribution in [2.75, 3.05) is 12.4 Å². The number of aryl methyl sites for hydroxylation is 1. The Balaban J connectivity index is 1.65. The number of esters is 1. The molecule has 0 fully saturated rings. The van der Waals surface area contributed by atoms with Crippen LogP contribution in [-0.2, 0) is 16.0 Å². The Labute approximate surface area is 172 Å². The fourth-order valence-electron chi connectivity index (χ4n) is 2.64. The van der Waals surface area contributed by atoms with Crippen LogP contribution in [0.4, 0.5) is 0 Å². The molecule has 2 aromatic carbocycles. The molecular formula is C22H19N3O3S. The van der Waals surface area contributed by atoms with Gasteiger partial charge in [-0.2, -0.15) is 5.26 Å². The summed E-state index contributed by atoms with van der Waals surface area (Å²) < 4.78 is 5.24. The molecule has 1 heterocycles. The molecule has 3 aromatic rings. The maximum Gasteiger partial charge on any atom is 0.316 e. The Morgan fingerprint density at radius 2 is 1.90 bits per heavy atom. The second-order valence-corrected chi connectivity index (χ2v) is 7.28. The topological polar surface area (TPSA) is 95.8 Å². The fraction of sp³-hybridized carbons (Fsp3) is 0.182. The maximum atomic E-state index is 12.3. The average Bonchev–Trinajstić information content (AvgIpc) is 2.73. The molecule has 0 aliphatic rings. The second kappa shape index (κ2) is 9.71. The van der Waals surface area contributed by atoms with Gasteiger partial charge < -0.3 is 9.72 Å². The van der Waals surface area contributed by atoms with Gasteiger partial charge in [-0.15, -0.1) is 0 Å². The average molecular weight is 405 g/mol. The lowest BCUT2D eigenvalue weighted by Crippen LogP contribution is -2.16. The molecule has 7 heteroatoms. The molecule has 1 aromatic heterocycles. The van der Waals surface area contributed by atoms with E-state index in [4.69, 9.17) is 4.74 Å². The highest BCUT2D eigenvalue weighted by atomic mass is 32.2. The van der Waals surface area contributed by atoms with Crippen molar-refractivity contribution in [2.45, 2.75) is 18.5 Å². The highest BCUT2D eigenvalue weighted by Crippen LogP contribution is 2.22. The number of aromatic amines is 1. The number of thioether (sulfide) groups is 1. The normalized spacial score (nSPS) is 10.3. The molecule has 3 rings (SSSR count). The molecule has 0 amide bonds. The van der Waals surface area contributed by atoms with Crippen LogP contribution in [0.2, 0.25) is 0 Å². The molecule has 6 nitrogen and oxygen atoms in total. The number of nitrogens with zero attached hydrogens (tertiary/aromatic N) is 2. The first-order chi connectivity index (χ1) is 14.1. The zero-order valence-corrected chi connectivity index (χ0v) is 16.7. The number of hydrogen-bond donors (Lipinski definition) is 1. The predicted octanol–water partition coefficient (Wildman–Crippen LogP) is 3.50. The molecule has 0 radical (unpaired) electrons. The van der Waals surface area contributed by atoms with E-state index in [1.54, 1.807) is 0 Å². The molecule has 0 saturated heterocycles. The van der Waals surface area contributed by atoms with E-state index in [0.717, 1.165) is 22.9 Å². The first kappa shape index (κ1) is 20.4. The Morgan fingerprint density at radius 3 is 2.59 bits per heavy atom. The third-order valence-corrected chi connectivity index (χ3v) is 5.00. The van der Waals surface area contributed by atoms with Crippen molar-refractivity contribution >= 4 is 17.7 Å². The van der Waals surface area contributed by atoms with Crippen LogP contribution in [0.3, 0.4) is 0 Å². The van der Waals surface area contributed by atoms with E-state index in [0.29, 0.717) is 17.7 Å². The van der Waals surface area contributed by atoms with Crippen LogP contribution in [0.25, 0.3) is 11.3 Å². The molecule has 29 heavy (non-hydrogen) atoms. The number of carbonyl (C=O) groups excluding carboxylic acids is 1. The smallest absolute Gasteiger partial charge is 0.316 e. The third kappa shape index (κ3) is 5.56. The standard InChI is InChI=1S/C22H19N3O3S/c1-15-7-9-17(10-8-15)20-18(13-23)21(27)25-22(24-20)29-14-19(26)28-12-11-16-5-3-2-4-6-16/h2-10H,11-12,14H2,1H3,(H,24,25,27). The number of nitriles is 1. The van der Waals surface area contributed by atoms with Gasteiger partial charge >= 0.3 is 5.97 Å². The van der Waals surface area contributed by atoms with E-state index < -0.39 is 11.5 Å². The summed E-state index contributed by atoms with van der Waals surface area (Å²) in [5.74, 6) is -0.383. The zero-order valence-electron chi connectivity index (χ0n) is 15.8. The number of hydrogen-bond acceptors (Lipinski definition) is 6. The summed E-state index contributed by atoms with van der Waals surface area (Å²) in [7, 11) is 0. The molecule has 146 valence electrons. The van der Waals surface area contributed by atoms with Crippen molar-refractivity contribution in [3.63, 3.8) is 0 Å². The van der Waals surface area contributed by atoms with E-state index in [1.807, 2.05) is 67.6 Å². The summed E-state index contributed by atoms with van der Waals surface area (Å²) in [5, 5.41) is 9.59. The van der Waals surface area contributed by atoms with Crippen LogP contribution in [0.15, 0.2) is 64.5 Å². The van der Waals surface area contributed by atoms with E-state index in [9.17, 15) is 14.9 Å². The van der Waals surface area contributed by atoms with E-state index in [-0.39, 0.29) is 23.1 Å². The van der Waals surface area contributed by atoms with Gasteiger partial charge in [-0.05, 0) is 12.5 Å². The number of aromatic nitrogens is 2. The largest absolute Gasteiger partial charge is 0.465 e. The van der Waals surface area contributed by atoms with E-state index in [2.05, 4.69) is 9.97 Å². The number of H-pyrrole nitrogens is 1. The van der Waals surface area contributed by atoms with Crippen molar-refractivity contribution in [1.29, 1.82) is 5.26 Å². The Hall–Kier alpha value is -3.37. The molecule has 0 atom stereocenters. The van der Waals surface area contributed by atoms with Crippen molar-refractivity contribution < 1.29 is 9.53 Å². The zero-order chi connectivity index (χ0) is 20.6. The van der Waals surface area contributed by atoms with Crippen LogP contribution in [-0.4, -0.2) is 28.3 Å². The highest BCUT2D eigenvalue weighted by molar-refractivity contribution is 7.99. The molecule has 0 aliphatic carbocycles. The quantitative estimate of drug-likeness (QED) is 0.367. The van der Waals surface area contributed by atoms with E-state index >= 15 is 0 Å². The first-order valence-electron chi connectivity index (χ1n) is 9.00. The summed E-state index contributed by atoms with van der Waals surface area (Å²) in [4.78, 5) is 31.2. The highest BCUT2D eigenvalue weighted by Gasteiger charge is 2.15. The van der Waals surface area contributed by atoms with Crippen LogP contribution in [0.1, 0.15) is 16.7 Å². The molecule has 0 aliphatic heterocycles. The maximum absolute atomic E-state index is 12.3. The van der Waals surface area contributed by atoms with Crippen molar-refractivity contribution in [3.05, 3.63) is 81.6 Å². The van der Waals surface area contributed by atoms with Crippen LogP contribution in [0, 0.1) is 18.3 Å². The van der Waals surface area contributed by atoms with Crippen molar-refractivity contribution in [1.82, 2.24) is 9.97 Å². The van der Waals surface area contributed by atoms with Gasteiger partial charge in [0, 0.05) is 12.0 Å². The minimum Gasteiger partial charge on any atom is -0.465 e. The van der Waals surface area contributed by atoms with Gasteiger partial charge in [-0.3, -0.25) is 9.59 Å². The predicted molar refractivity (Wildman–Crippen MR) is 112 cm³/mol. The first-order valence-corrected chi connectivity index (χ1v) is 9.99. The Morgan fingerprint density at radius 1 is 1.17 bits per heavy atom. The SMILES string of the molecule is Cc1ccc(-c2nc(SCC(=O)OCCc3ccccc3)[nH]c(=O)c2C#N)cc1. The molecule has 0 spiro atoms. The van der Waals surface area contributed by atoms with Gasteiger partial charge in [0.05, 0.1) is 18.1 Å². The number of benzene rings is 2. The molecule has 0 bridgehead atoms. The lowest BCUT2D eigenvalue weighted by Gasteiger charge is -2.07. The minimum absolute atomic E-state index is 0.0109. The summed E-state index contributed by atoms with van der Waals surface area (Å²) in [6.07, 6.45) is 0.640. The Kier molecular flexibility index (Phi) is 6.82. The summed E-state index contributed by atoms with van der Waals surface area (Å²) >= 11 is 1.07. The monoisotopic (exact) mass is 405 g/mol. The summed E-state index contributed by atoms with van der Waals surface area (Å²) in [6, 6.07) is 19.0. The lowest BCUT2D eigenvalue weighted by atomic mass is 10.1. The molecule has 1 N–H and O–H groups in total. The molecular weight excluding hydrogens is 386 g/mol. The number of carbonyl (C=O) groups is 1. The fourth-order valence-corrected chi connectivity index (χ4v) is 3.30. The minimum atomic E-state index is -0.530. The molecule has 0 saturated carbocycles. The van der Waals surface area contributed by atoms with Crippen LogP contribution in [0.5, 0.6) is 0 Å². The van der Waals surface area contributed by atoms with Gasteiger partial charge in [-0.25, -0.2) is 4.98 Å². The number of nitrogens with one attached hydrogen (secondary N) is 1. The lowest BCUT2D eigenvalue weighted by molar-refractivity contribution is -0.140. The van der Waals surface area contributed by atoms with Gasteiger partial charge in [-0.1, -0.05) is 71.9 Å². The number of ether oxygens (including phenoxy) is 1. The second-order valence-electron chi connectivity index (χ2n) is 6.32. The van der Waals surface area contributed by atoms with Gasteiger partial charge in [0.15, 0.2) is 5.16 Å². The van der Waals surface area contributed by atoms with Gasteiger partial charge in [0.25, 0.3) is 5.56 Å². The number of rotatable bonds is 7. The van der Waals surface area contributed by atoms with Gasteiger partial charge in [0.2, 0.25) is 0 Å². The van der Waals surface area contributed by atoms with Gasteiger partial charge in [0.1, 0.15) is 11.6 Å². The Bertz CT molecular complexity index is 1090. The summed E-state index contributed by atoms with van der Waals surface area (Å²) in [6.45, 7) is 2.24. The summed E-state index contributed by atoms with van der Waals surface area (Å²) in [5.41, 5.74) is 2.54. The van der Waals surface area contributed by atoms with Crippen molar-refractivity contribution in [2.24, 2.45) is 0 Å². The van der Waals surface area contributed by atoms with Crippen molar-refractivity contribution in [3.8, 4) is 17.3 Å². The van der Waals surface area contributed by atoms with Crippen LogP contribution < -0.4 is 5.56 Å². The van der Waals surface area contributed by atoms with E-state index in [1.165, 1.54) is 0 Å². The van der Waals surface area contributed by atoms with Crippen LogP contribution >= 0.6 is 11.8 Å².